The van der Waals surface area contributed by atoms with Gasteiger partial charge in [0.2, 0.25) is 11.4 Å². The van der Waals surface area contributed by atoms with Crippen LogP contribution in [-0.2, 0) is 16.9 Å². The molecule has 0 bridgehead atoms. The zero-order valence-corrected chi connectivity index (χ0v) is 26.1. The van der Waals surface area contributed by atoms with E-state index in [0.717, 1.165) is 17.7 Å². The zero-order chi connectivity index (χ0) is 34.6. The van der Waals surface area contributed by atoms with Crippen molar-refractivity contribution >= 4 is 28.6 Å². The van der Waals surface area contributed by atoms with Crippen LogP contribution in [0.3, 0.4) is 0 Å². The Morgan fingerprint density at radius 3 is 2.25 bits per heavy atom. The van der Waals surface area contributed by atoms with Crippen LogP contribution >= 0.6 is 0 Å². The first kappa shape index (κ1) is 34.3. The number of aromatic nitrogens is 1. The van der Waals surface area contributed by atoms with Crippen LogP contribution in [0.25, 0.3) is 17.0 Å². The highest BCUT2D eigenvalue weighted by molar-refractivity contribution is 5.87. The van der Waals surface area contributed by atoms with Gasteiger partial charge in [0, 0.05) is 61.5 Å². The minimum atomic E-state index is -5.08. The van der Waals surface area contributed by atoms with E-state index in [4.69, 9.17) is 19.3 Å². The van der Waals surface area contributed by atoms with Crippen molar-refractivity contribution in [3.8, 4) is 17.2 Å². The number of carboxylic acids is 1. The predicted molar refractivity (Wildman–Crippen MR) is 170 cm³/mol. The Morgan fingerprint density at radius 1 is 1.04 bits per heavy atom. The Morgan fingerprint density at radius 2 is 1.69 bits per heavy atom. The number of aliphatic hydroxyl groups is 1. The molecule has 0 amide bonds. The summed E-state index contributed by atoms with van der Waals surface area (Å²) in [6, 6.07) is 15.7. The summed E-state index contributed by atoms with van der Waals surface area (Å²) in [5, 5.41) is 32.1. The third-order valence-corrected chi connectivity index (χ3v) is 8.36. The topological polar surface area (TPSA) is 137 Å². The van der Waals surface area contributed by atoms with Crippen molar-refractivity contribution in [2.75, 3.05) is 33.9 Å². The highest BCUT2D eigenvalue weighted by Gasteiger charge is 2.57. The molecule has 5 rings (SSSR count). The number of carbonyl (C=O) groups is 1. The lowest BCUT2D eigenvalue weighted by atomic mass is 9.91. The fourth-order valence-corrected chi connectivity index (χ4v) is 5.92. The van der Waals surface area contributed by atoms with E-state index in [1.54, 1.807) is 42.5 Å². The number of hydrogen-bond acceptors (Lipinski definition) is 8. The molecule has 11 nitrogen and oxygen atoms in total. The Kier molecular flexibility index (Phi) is 9.96. The number of rotatable bonds is 12. The number of halogens is 3. The third-order valence-electron chi connectivity index (χ3n) is 8.36. The van der Waals surface area contributed by atoms with E-state index in [1.807, 2.05) is 0 Å². The van der Waals surface area contributed by atoms with Gasteiger partial charge in [-0.3, -0.25) is 15.0 Å². The first-order valence-corrected chi connectivity index (χ1v) is 15.0. The smallest absolute Gasteiger partial charge is 0.422 e. The number of β-amino-alcohol motifs (C(OH)–C–C–N with tert-alkyl or cyclic N) is 1. The molecule has 1 aliphatic heterocycles. The second-order valence-corrected chi connectivity index (χ2v) is 11.5. The molecule has 2 heterocycles. The third kappa shape index (κ3) is 7.24. The van der Waals surface area contributed by atoms with Gasteiger partial charge in [-0.25, -0.2) is 4.79 Å². The minimum Gasteiger partial charge on any atom is -0.493 e. The lowest BCUT2D eigenvalue weighted by Crippen LogP contribution is -2.53. The molecule has 4 aromatic rings. The van der Waals surface area contributed by atoms with Crippen LogP contribution < -0.4 is 14.2 Å². The van der Waals surface area contributed by atoms with Crippen molar-refractivity contribution in [1.29, 1.82) is 0 Å². The molecule has 48 heavy (non-hydrogen) atoms. The maximum Gasteiger partial charge on any atom is 0.422 e. The lowest BCUT2D eigenvalue weighted by molar-refractivity contribution is -0.384. The Bertz CT molecular complexity index is 1790. The number of alkyl halides is 3. The second-order valence-electron chi connectivity index (χ2n) is 11.5. The molecule has 2 N–H and O–H groups in total. The van der Waals surface area contributed by atoms with Gasteiger partial charge < -0.3 is 29.0 Å². The van der Waals surface area contributed by atoms with Crippen LogP contribution in [0, 0.1) is 10.1 Å². The van der Waals surface area contributed by atoms with E-state index in [2.05, 4.69) is 0 Å². The number of methoxy groups -OCH3 is 2. The maximum absolute atomic E-state index is 14.9. The van der Waals surface area contributed by atoms with Crippen LogP contribution in [0.1, 0.15) is 29.5 Å². The summed E-state index contributed by atoms with van der Waals surface area (Å²) in [6.07, 6.45) is -1.28. The van der Waals surface area contributed by atoms with Crippen molar-refractivity contribution in [3.63, 3.8) is 0 Å². The molecule has 0 saturated carbocycles. The van der Waals surface area contributed by atoms with Gasteiger partial charge in [-0.1, -0.05) is 30.3 Å². The van der Waals surface area contributed by atoms with Gasteiger partial charge >= 0.3 is 12.1 Å². The van der Waals surface area contributed by atoms with Gasteiger partial charge in [0.05, 0.1) is 24.7 Å². The Labute approximate surface area is 273 Å². The zero-order valence-electron chi connectivity index (χ0n) is 26.1. The standard InChI is InChI=1S/C34H34F3N3O8/c1-46-29-16-23(8-11-31(41)42)17-30(47-2)32(29)48-25-12-14-38(15-13-25)21-33(43,34(35,36)37)27-20-39(19-22-6-4-3-5-7-22)28-18-24(40(44)45)9-10-26(27)28/h3-11,16-18,20,25,43H,12-15,19,21H2,1-2H3,(H,41,42). The van der Waals surface area contributed by atoms with Crippen LogP contribution in [0.4, 0.5) is 18.9 Å². The van der Waals surface area contributed by atoms with Crippen molar-refractivity contribution < 1.29 is 47.3 Å². The molecule has 0 spiro atoms. The number of hydrogen-bond donors (Lipinski definition) is 2. The Hall–Kier alpha value is -5.08. The largest absolute Gasteiger partial charge is 0.493 e. The maximum atomic E-state index is 14.9. The summed E-state index contributed by atoms with van der Waals surface area (Å²) < 4.78 is 63.3. The van der Waals surface area contributed by atoms with Gasteiger partial charge in [0.25, 0.3) is 5.69 Å². The normalized spacial score (nSPS) is 15.8. The number of fused-ring (bicyclic) bond motifs is 1. The number of non-ortho nitro benzene ring substituents is 1. The van der Waals surface area contributed by atoms with Crippen LogP contribution in [-0.4, -0.2) is 76.7 Å². The van der Waals surface area contributed by atoms with E-state index in [1.165, 1.54) is 48.1 Å². The van der Waals surface area contributed by atoms with E-state index < -0.39 is 35.3 Å². The minimum absolute atomic E-state index is 0.0652. The molecule has 3 aromatic carbocycles. The molecule has 1 saturated heterocycles. The van der Waals surface area contributed by atoms with E-state index in [9.17, 15) is 33.2 Å². The molecule has 1 unspecified atom stereocenters. The second kappa shape index (κ2) is 14.0. The summed E-state index contributed by atoms with van der Waals surface area (Å²) in [5.41, 5.74) is -2.49. The number of piperidine rings is 1. The first-order valence-electron chi connectivity index (χ1n) is 15.0. The number of carboxylic acid groups (broad SMARTS) is 1. The molecule has 0 radical (unpaired) electrons. The van der Waals surface area contributed by atoms with Gasteiger partial charge in [0.15, 0.2) is 11.5 Å². The van der Waals surface area contributed by atoms with Crippen LogP contribution in [0.5, 0.6) is 17.2 Å². The van der Waals surface area contributed by atoms with Crippen molar-refractivity contribution in [2.45, 2.75) is 37.3 Å². The van der Waals surface area contributed by atoms with Crippen LogP contribution in [0.2, 0.25) is 0 Å². The molecule has 1 aliphatic rings. The highest BCUT2D eigenvalue weighted by Crippen LogP contribution is 2.45. The van der Waals surface area contributed by atoms with Crippen molar-refractivity contribution in [1.82, 2.24) is 9.47 Å². The molecule has 1 fully saturated rings. The first-order chi connectivity index (χ1) is 22.8. The van der Waals surface area contributed by atoms with E-state index >= 15 is 0 Å². The van der Waals surface area contributed by atoms with E-state index in [-0.39, 0.29) is 47.5 Å². The number of ether oxygens (including phenoxy) is 3. The summed E-state index contributed by atoms with van der Waals surface area (Å²) in [7, 11) is 2.84. The fourth-order valence-electron chi connectivity index (χ4n) is 5.92. The molecular weight excluding hydrogens is 635 g/mol. The number of likely N-dealkylation sites (tertiary alicyclic amines) is 1. The predicted octanol–water partition coefficient (Wildman–Crippen LogP) is 6.01. The number of nitrogens with zero attached hydrogens (tertiary/aromatic N) is 3. The van der Waals surface area contributed by atoms with Crippen molar-refractivity contribution in [3.05, 3.63) is 99.7 Å². The molecule has 0 aliphatic carbocycles. The molecule has 14 heteroatoms. The van der Waals surface area contributed by atoms with Crippen molar-refractivity contribution in [2.24, 2.45) is 0 Å². The van der Waals surface area contributed by atoms with Gasteiger partial charge in [-0.2, -0.15) is 13.2 Å². The van der Waals surface area contributed by atoms with E-state index in [0.29, 0.717) is 29.9 Å². The summed E-state index contributed by atoms with van der Waals surface area (Å²) in [6.45, 7) is -0.288. The SMILES string of the molecule is COc1cc(C=CC(=O)O)cc(OC)c1OC1CCN(CC(O)(c2cn(Cc3ccccc3)c3cc([N+](=O)[O-])ccc23)C(F)(F)F)CC1. The number of nitro groups is 1. The summed E-state index contributed by atoms with van der Waals surface area (Å²) >= 11 is 0. The number of benzene rings is 3. The van der Waals surface area contributed by atoms with Gasteiger partial charge in [-0.15, -0.1) is 0 Å². The number of aliphatic carboxylic acids is 1. The monoisotopic (exact) mass is 669 g/mol. The number of nitro benzene ring substituents is 1. The fraction of sp³-hybridized carbons (Fsp3) is 0.324. The molecule has 254 valence electrons. The average Bonchev–Trinajstić information content (AvgIpc) is 3.42. The average molecular weight is 670 g/mol. The van der Waals surface area contributed by atoms with Gasteiger partial charge in [0.1, 0.15) is 6.10 Å². The lowest BCUT2D eigenvalue weighted by Gasteiger charge is -2.39. The summed E-state index contributed by atoms with van der Waals surface area (Å²) in [4.78, 5) is 23.4. The molecule has 1 atom stereocenters. The molecule has 1 aromatic heterocycles. The molecular formula is C34H34F3N3O8. The quantitative estimate of drug-likeness (QED) is 0.106. The Balaban J connectivity index is 1.39. The van der Waals surface area contributed by atoms with Crippen LogP contribution in [0.15, 0.2) is 72.9 Å². The highest BCUT2D eigenvalue weighted by atomic mass is 19.4. The summed E-state index contributed by atoms with van der Waals surface area (Å²) in [5.74, 6) is -0.266. The van der Waals surface area contributed by atoms with Gasteiger partial charge in [-0.05, 0) is 48.2 Å².